The summed E-state index contributed by atoms with van der Waals surface area (Å²) in [5.41, 5.74) is 1.07. The van der Waals surface area contributed by atoms with Crippen molar-refractivity contribution < 1.29 is 19.8 Å². The van der Waals surface area contributed by atoms with Crippen molar-refractivity contribution in [1.29, 1.82) is 0 Å². The Balaban J connectivity index is 2.46. The predicted molar refractivity (Wildman–Crippen MR) is 67.5 cm³/mol. The summed E-state index contributed by atoms with van der Waals surface area (Å²) in [7, 11) is 0. The number of nitrogens with one attached hydrogen (secondary N) is 2. The molecule has 0 fully saturated rings. The highest BCUT2D eigenvalue weighted by Crippen LogP contribution is 2.14. The molecular formula is C11H16N2O4S. The number of aliphatic hydroxyl groups is 1. The predicted octanol–water partition coefficient (Wildman–Crippen LogP) is 0.690. The van der Waals surface area contributed by atoms with E-state index in [1.807, 2.05) is 18.4 Å². The zero-order chi connectivity index (χ0) is 13.7. The molecule has 2 amide bonds. The minimum Gasteiger partial charge on any atom is -0.480 e. The first-order chi connectivity index (χ1) is 8.41. The van der Waals surface area contributed by atoms with Crippen LogP contribution in [0, 0.1) is 6.92 Å². The fourth-order valence-electron chi connectivity index (χ4n) is 1.33. The van der Waals surface area contributed by atoms with Gasteiger partial charge in [0, 0.05) is 4.88 Å². The largest absolute Gasteiger partial charge is 0.480 e. The van der Waals surface area contributed by atoms with E-state index in [2.05, 4.69) is 10.6 Å². The summed E-state index contributed by atoms with van der Waals surface area (Å²) < 4.78 is 0. The van der Waals surface area contributed by atoms with E-state index in [4.69, 9.17) is 5.11 Å². The van der Waals surface area contributed by atoms with Gasteiger partial charge in [-0.2, -0.15) is 0 Å². The van der Waals surface area contributed by atoms with Gasteiger partial charge < -0.3 is 20.8 Å². The van der Waals surface area contributed by atoms with Gasteiger partial charge in [0.1, 0.15) is 0 Å². The maximum absolute atomic E-state index is 11.5. The number of amides is 2. The molecule has 0 aliphatic heterocycles. The highest BCUT2D eigenvalue weighted by molar-refractivity contribution is 7.10. The second-order valence-corrected chi connectivity index (χ2v) is 4.91. The molecule has 0 saturated carbocycles. The van der Waals surface area contributed by atoms with E-state index < -0.39 is 24.1 Å². The second kappa shape index (κ2) is 6.36. The van der Waals surface area contributed by atoms with Crippen molar-refractivity contribution in [3.8, 4) is 0 Å². The molecule has 100 valence electrons. The maximum atomic E-state index is 11.5. The normalized spacial score (nSPS) is 13.7. The average molecular weight is 272 g/mol. The molecule has 7 heteroatoms. The molecule has 0 aliphatic rings. The fourth-order valence-corrected chi connectivity index (χ4v) is 2.17. The van der Waals surface area contributed by atoms with E-state index in [-0.39, 0.29) is 0 Å². The molecule has 18 heavy (non-hydrogen) atoms. The molecule has 0 radical (unpaired) electrons. The van der Waals surface area contributed by atoms with Gasteiger partial charge in [-0.25, -0.2) is 9.59 Å². The number of urea groups is 1. The molecule has 1 aromatic heterocycles. The van der Waals surface area contributed by atoms with E-state index in [0.29, 0.717) is 6.54 Å². The number of carboxylic acids is 1. The van der Waals surface area contributed by atoms with Gasteiger partial charge in [0.05, 0.1) is 12.6 Å². The van der Waals surface area contributed by atoms with Crippen LogP contribution in [0.25, 0.3) is 0 Å². The molecule has 1 rings (SSSR count). The van der Waals surface area contributed by atoms with Gasteiger partial charge in [-0.05, 0) is 30.9 Å². The number of hydrogen-bond donors (Lipinski definition) is 4. The van der Waals surface area contributed by atoms with Crippen LogP contribution in [0.4, 0.5) is 4.79 Å². The van der Waals surface area contributed by atoms with Crippen molar-refractivity contribution in [3.05, 3.63) is 21.9 Å². The van der Waals surface area contributed by atoms with Crippen molar-refractivity contribution in [2.75, 3.05) is 0 Å². The van der Waals surface area contributed by atoms with Gasteiger partial charge in [-0.1, -0.05) is 0 Å². The average Bonchev–Trinajstić information content (AvgIpc) is 2.68. The van der Waals surface area contributed by atoms with Gasteiger partial charge in [0.25, 0.3) is 0 Å². The number of carbonyl (C=O) groups excluding carboxylic acids is 1. The Kier molecular flexibility index (Phi) is 5.11. The van der Waals surface area contributed by atoms with Gasteiger partial charge >= 0.3 is 12.0 Å². The van der Waals surface area contributed by atoms with Crippen molar-refractivity contribution in [1.82, 2.24) is 10.6 Å². The van der Waals surface area contributed by atoms with Crippen molar-refractivity contribution in [2.45, 2.75) is 32.5 Å². The van der Waals surface area contributed by atoms with Crippen molar-refractivity contribution in [2.24, 2.45) is 0 Å². The summed E-state index contributed by atoms with van der Waals surface area (Å²) in [6, 6.07) is 0.0145. The molecule has 0 unspecified atom stereocenters. The number of hydrogen-bond acceptors (Lipinski definition) is 4. The lowest BCUT2D eigenvalue weighted by molar-refractivity contribution is -0.141. The lowest BCUT2D eigenvalue weighted by Gasteiger charge is -2.17. The van der Waals surface area contributed by atoms with Gasteiger partial charge in [0.15, 0.2) is 6.04 Å². The number of aryl methyl sites for hydroxylation is 1. The standard InChI is InChI=1S/C11H16N2O4S/c1-6-3-4-18-8(6)5-12-11(17)13-9(7(2)14)10(15)16/h3-4,7,9,14H,5H2,1-2H3,(H,15,16)(H2,12,13,17)/t7-,9+/m1/s1. The van der Waals surface area contributed by atoms with Crippen LogP contribution in [-0.4, -0.2) is 34.4 Å². The quantitative estimate of drug-likeness (QED) is 0.633. The first-order valence-corrected chi connectivity index (χ1v) is 6.28. The van der Waals surface area contributed by atoms with Crippen LogP contribution in [0.5, 0.6) is 0 Å². The Morgan fingerprint density at radius 2 is 2.17 bits per heavy atom. The minimum absolute atomic E-state index is 0.335. The highest BCUT2D eigenvalue weighted by Gasteiger charge is 2.24. The topological polar surface area (TPSA) is 98.7 Å². The Labute approximate surface area is 109 Å². The molecule has 6 nitrogen and oxygen atoms in total. The second-order valence-electron chi connectivity index (χ2n) is 3.91. The highest BCUT2D eigenvalue weighted by atomic mass is 32.1. The van der Waals surface area contributed by atoms with Gasteiger partial charge in [0.2, 0.25) is 0 Å². The number of rotatable bonds is 5. The monoisotopic (exact) mass is 272 g/mol. The van der Waals surface area contributed by atoms with E-state index in [0.717, 1.165) is 10.4 Å². The molecular weight excluding hydrogens is 256 g/mol. The number of carboxylic acid groups (broad SMARTS) is 1. The van der Waals surface area contributed by atoms with Gasteiger partial charge in [-0.3, -0.25) is 0 Å². The van der Waals surface area contributed by atoms with Crippen molar-refractivity contribution >= 4 is 23.3 Å². The third kappa shape index (κ3) is 4.01. The maximum Gasteiger partial charge on any atom is 0.328 e. The summed E-state index contributed by atoms with van der Waals surface area (Å²) in [5.74, 6) is -1.27. The molecule has 2 atom stereocenters. The summed E-state index contributed by atoms with van der Waals surface area (Å²) >= 11 is 1.51. The molecule has 0 bridgehead atoms. The SMILES string of the molecule is Cc1ccsc1CNC(=O)N[C@H](C(=O)O)[C@@H](C)O. The van der Waals surface area contributed by atoms with Crippen LogP contribution in [-0.2, 0) is 11.3 Å². The Morgan fingerprint density at radius 1 is 1.50 bits per heavy atom. The fraction of sp³-hybridized carbons (Fsp3) is 0.455. The molecule has 1 heterocycles. The summed E-state index contributed by atoms with van der Waals surface area (Å²) in [4.78, 5) is 23.2. The van der Waals surface area contributed by atoms with Crippen LogP contribution in [0.15, 0.2) is 11.4 Å². The van der Waals surface area contributed by atoms with Crippen molar-refractivity contribution in [3.63, 3.8) is 0 Å². The molecule has 4 N–H and O–H groups in total. The van der Waals surface area contributed by atoms with Gasteiger partial charge in [-0.15, -0.1) is 11.3 Å². The number of thiophene rings is 1. The van der Waals surface area contributed by atoms with E-state index in [9.17, 15) is 14.7 Å². The zero-order valence-electron chi connectivity index (χ0n) is 10.1. The van der Waals surface area contributed by atoms with Crippen LogP contribution >= 0.6 is 11.3 Å². The van der Waals surface area contributed by atoms with E-state index >= 15 is 0 Å². The first kappa shape index (κ1) is 14.5. The number of aliphatic carboxylic acids is 1. The zero-order valence-corrected chi connectivity index (χ0v) is 11.0. The van der Waals surface area contributed by atoms with Crippen LogP contribution in [0.1, 0.15) is 17.4 Å². The third-order valence-corrected chi connectivity index (χ3v) is 3.44. The first-order valence-electron chi connectivity index (χ1n) is 5.40. The lowest BCUT2D eigenvalue weighted by atomic mass is 10.2. The summed E-state index contributed by atoms with van der Waals surface area (Å²) in [6.07, 6.45) is -1.16. The van der Waals surface area contributed by atoms with Crippen LogP contribution < -0.4 is 10.6 Å². The summed E-state index contributed by atoms with van der Waals surface area (Å²) in [5, 5.41) is 24.7. The molecule has 0 spiro atoms. The lowest BCUT2D eigenvalue weighted by Crippen LogP contribution is -2.50. The van der Waals surface area contributed by atoms with E-state index in [1.54, 1.807) is 0 Å². The molecule has 0 aliphatic carbocycles. The summed E-state index contributed by atoms with van der Waals surface area (Å²) in [6.45, 7) is 3.57. The molecule has 0 aromatic carbocycles. The Morgan fingerprint density at radius 3 is 2.61 bits per heavy atom. The van der Waals surface area contributed by atoms with Crippen LogP contribution in [0.2, 0.25) is 0 Å². The van der Waals surface area contributed by atoms with E-state index in [1.165, 1.54) is 18.3 Å². The number of aliphatic hydroxyl groups excluding tert-OH is 1. The number of carbonyl (C=O) groups is 2. The molecule has 1 aromatic rings. The Bertz CT molecular complexity index is 430. The third-order valence-electron chi connectivity index (χ3n) is 2.41. The minimum atomic E-state index is -1.31. The smallest absolute Gasteiger partial charge is 0.328 e. The van der Waals surface area contributed by atoms with Crippen LogP contribution in [0.3, 0.4) is 0 Å². The molecule has 0 saturated heterocycles. The Hall–Kier alpha value is -1.60.